The second-order valence-corrected chi connectivity index (χ2v) is 8.17. The van der Waals surface area contributed by atoms with Crippen LogP contribution in [0.2, 0.25) is 0 Å². The maximum absolute atomic E-state index is 12.4. The number of hydrogen-bond acceptors (Lipinski definition) is 5. The predicted octanol–water partition coefficient (Wildman–Crippen LogP) is 4.80. The van der Waals surface area contributed by atoms with Crippen molar-refractivity contribution in [3.8, 4) is 11.4 Å². The van der Waals surface area contributed by atoms with Crippen LogP contribution in [0.4, 0.5) is 5.69 Å². The zero-order valence-corrected chi connectivity index (χ0v) is 17.5. The van der Waals surface area contributed by atoms with E-state index >= 15 is 0 Å². The topological polar surface area (TPSA) is 59.8 Å². The second kappa shape index (κ2) is 9.61. The average molecular weight is 411 g/mol. The number of benzene rings is 2. The molecule has 2 aromatic carbocycles. The molecule has 0 spiro atoms. The van der Waals surface area contributed by atoms with E-state index in [1.807, 2.05) is 67.1 Å². The van der Waals surface area contributed by atoms with Crippen molar-refractivity contribution in [2.45, 2.75) is 17.0 Å². The zero-order chi connectivity index (χ0) is 19.9. The molecule has 0 atom stereocenters. The Kier molecular flexibility index (Phi) is 6.95. The SMILES string of the molecule is C=CCSc1ccccc1NC(=O)CSc1nnc(-c2cccc(C)c2)n1C. The number of rotatable bonds is 8. The summed E-state index contributed by atoms with van der Waals surface area (Å²) in [7, 11) is 1.92. The van der Waals surface area contributed by atoms with Crippen LogP contribution in [0.5, 0.6) is 0 Å². The summed E-state index contributed by atoms with van der Waals surface area (Å²) in [6, 6.07) is 15.9. The molecule has 0 aliphatic rings. The van der Waals surface area contributed by atoms with Crippen molar-refractivity contribution >= 4 is 35.1 Å². The molecule has 0 bridgehead atoms. The maximum atomic E-state index is 12.4. The number of para-hydroxylation sites is 1. The highest BCUT2D eigenvalue weighted by atomic mass is 32.2. The van der Waals surface area contributed by atoms with Gasteiger partial charge in [0.2, 0.25) is 5.91 Å². The fourth-order valence-electron chi connectivity index (χ4n) is 2.64. The van der Waals surface area contributed by atoms with Crippen LogP contribution >= 0.6 is 23.5 Å². The van der Waals surface area contributed by atoms with E-state index in [9.17, 15) is 4.79 Å². The van der Waals surface area contributed by atoms with Gasteiger partial charge in [0, 0.05) is 23.3 Å². The van der Waals surface area contributed by atoms with E-state index in [-0.39, 0.29) is 11.7 Å². The Hall–Kier alpha value is -2.51. The first-order valence-corrected chi connectivity index (χ1v) is 10.8. The number of carbonyl (C=O) groups is 1. The molecule has 0 saturated carbocycles. The summed E-state index contributed by atoms with van der Waals surface area (Å²) < 4.78 is 1.92. The Morgan fingerprint density at radius 3 is 2.79 bits per heavy atom. The molecule has 3 aromatic rings. The summed E-state index contributed by atoms with van der Waals surface area (Å²) >= 11 is 3.01. The number of aromatic nitrogens is 3. The second-order valence-electron chi connectivity index (χ2n) is 6.17. The van der Waals surface area contributed by atoms with Crippen molar-refractivity contribution in [2.24, 2.45) is 7.05 Å². The molecule has 5 nitrogen and oxygen atoms in total. The maximum Gasteiger partial charge on any atom is 0.234 e. The van der Waals surface area contributed by atoms with Gasteiger partial charge in [-0.05, 0) is 25.1 Å². The molecule has 28 heavy (non-hydrogen) atoms. The highest BCUT2D eigenvalue weighted by Gasteiger charge is 2.14. The third kappa shape index (κ3) is 5.05. The molecule has 0 fully saturated rings. The van der Waals surface area contributed by atoms with E-state index < -0.39 is 0 Å². The number of aryl methyl sites for hydroxylation is 1. The predicted molar refractivity (Wildman–Crippen MR) is 118 cm³/mol. The summed E-state index contributed by atoms with van der Waals surface area (Å²) in [5.41, 5.74) is 3.00. The van der Waals surface area contributed by atoms with Gasteiger partial charge in [-0.2, -0.15) is 0 Å². The van der Waals surface area contributed by atoms with Crippen LogP contribution in [0.25, 0.3) is 11.4 Å². The number of anilines is 1. The summed E-state index contributed by atoms with van der Waals surface area (Å²) in [4.78, 5) is 13.5. The van der Waals surface area contributed by atoms with Gasteiger partial charge >= 0.3 is 0 Å². The number of thioether (sulfide) groups is 2. The summed E-state index contributed by atoms with van der Waals surface area (Å²) in [5, 5.41) is 12.2. The Morgan fingerprint density at radius 1 is 1.18 bits per heavy atom. The van der Waals surface area contributed by atoms with Gasteiger partial charge < -0.3 is 9.88 Å². The third-order valence-corrected chi connectivity index (χ3v) is 6.05. The number of hydrogen-bond donors (Lipinski definition) is 1. The first-order valence-electron chi connectivity index (χ1n) is 8.80. The fraction of sp³-hybridized carbons (Fsp3) is 0.190. The van der Waals surface area contributed by atoms with Crippen LogP contribution < -0.4 is 5.32 Å². The number of nitrogens with one attached hydrogen (secondary N) is 1. The van der Waals surface area contributed by atoms with Crippen molar-refractivity contribution in [1.29, 1.82) is 0 Å². The standard InChI is InChI=1S/C21H22N4OS2/c1-4-12-27-18-11-6-5-10-17(18)22-19(26)14-28-21-24-23-20(25(21)3)16-9-7-8-15(2)13-16/h4-11,13H,1,12,14H2,2-3H3,(H,22,26). The Balaban J connectivity index is 1.64. The molecule has 0 radical (unpaired) electrons. The number of amides is 1. The lowest BCUT2D eigenvalue weighted by Gasteiger charge is -2.10. The van der Waals surface area contributed by atoms with Gasteiger partial charge in [-0.15, -0.1) is 28.5 Å². The largest absolute Gasteiger partial charge is 0.324 e. The van der Waals surface area contributed by atoms with Crippen LogP contribution in [0.15, 0.2) is 71.2 Å². The first kappa shape index (κ1) is 20.2. The zero-order valence-electron chi connectivity index (χ0n) is 15.9. The molecule has 0 unspecified atom stereocenters. The van der Waals surface area contributed by atoms with E-state index in [1.165, 1.54) is 17.3 Å². The van der Waals surface area contributed by atoms with Crippen LogP contribution in [-0.4, -0.2) is 32.2 Å². The molecular formula is C21H22N4OS2. The minimum atomic E-state index is -0.0724. The highest BCUT2D eigenvalue weighted by Crippen LogP contribution is 2.28. The minimum absolute atomic E-state index is 0.0724. The van der Waals surface area contributed by atoms with E-state index in [2.05, 4.69) is 28.2 Å². The molecule has 1 amide bonds. The van der Waals surface area contributed by atoms with Crippen molar-refractivity contribution in [3.63, 3.8) is 0 Å². The van der Waals surface area contributed by atoms with Crippen molar-refractivity contribution < 1.29 is 4.79 Å². The lowest BCUT2D eigenvalue weighted by atomic mass is 10.1. The smallest absolute Gasteiger partial charge is 0.234 e. The van der Waals surface area contributed by atoms with Gasteiger partial charge in [0.25, 0.3) is 0 Å². The summed E-state index contributed by atoms with van der Waals surface area (Å²) in [6.45, 7) is 5.79. The first-order chi connectivity index (χ1) is 13.6. The van der Waals surface area contributed by atoms with Gasteiger partial charge in [0.05, 0.1) is 11.4 Å². The van der Waals surface area contributed by atoms with Crippen LogP contribution in [-0.2, 0) is 11.8 Å². The number of nitrogens with zero attached hydrogens (tertiary/aromatic N) is 3. The molecule has 7 heteroatoms. The lowest BCUT2D eigenvalue weighted by molar-refractivity contribution is -0.113. The van der Waals surface area contributed by atoms with Crippen molar-refractivity contribution in [3.05, 3.63) is 66.7 Å². The summed E-state index contributed by atoms with van der Waals surface area (Å²) in [5.74, 6) is 1.78. The normalized spacial score (nSPS) is 10.6. The minimum Gasteiger partial charge on any atom is -0.324 e. The Morgan fingerprint density at radius 2 is 2.00 bits per heavy atom. The van der Waals surface area contributed by atoms with Gasteiger partial charge in [-0.1, -0.05) is 53.7 Å². The highest BCUT2D eigenvalue weighted by molar-refractivity contribution is 8.00. The molecule has 1 N–H and O–H groups in total. The van der Waals surface area contributed by atoms with Crippen molar-refractivity contribution in [1.82, 2.24) is 14.8 Å². The quantitative estimate of drug-likeness (QED) is 0.427. The Labute approximate surface area is 173 Å². The molecule has 144 valence electrons. The molecule has 1 aromatic heterocycles. The van der Waals surface area contributed by atoms with E-state index in [0.29, 0.717) is 5.16 Å². The van der Waals surface area contributed by atoms with Gasteiger partial charge in [0.15, 0.2) is 11.0 Å². The summed E-state index contributed by atoms with van der Waals surface area (Å²) in [6.07, 6.45) is 1.85. The van der Waals surface area contributed by atoms with Crippen LogP contribution in [0.3, 0.4) is 0 Å². The molecule has 1 heterocycles. The molecule has 0 aliphatic heterocycles. The van der Waals surface area contributed by atoms with E-state index in [1.54, 1.807) is 11.8 Å². The molecule has 0 aliphatic carbocycles. The molecule has 3 rings (SSSR count). The van der Waals surface area contributed by atoms with E-state index in [4.69, 9.17) is 0 Å². The van der Waals surface area contributed by atoms with Crippen molar-refractivity contribution in [2.75, 3.05) is 16.8 Å². The van der Waals surface area contributed by atoms with Gasteiger partial charge in [-0.3, -0.25) is 4.79 Å². The fourth-order valence-corrected chi connectivity index (χ4v) is 4.09. The number of carbonyl (C=O) groups excluding carboxylic acids is 1. The van der Waals surface area contributed by atoms with E-state index in [0.717, 1.165) is 27.7 Å². The molecular weight excluding hydrogens is 388 g/mol. The Bertz CT molecular complexity index is 984. The third-order valence-electron chi connectivity index (χ3n) is 3.96. The monoisotopic (exact) mass is 410 g/mol. The lowest BCUT2D eigenvalue weighted by Crippen LogP contribution is -2.15. The average Bonchev–Trinajstić information content (AvgIpc) is 3.06. The van der Waals surface area contributed by atoms with Crippen LogP contribution in [0.1, 0.15) is 5.56 Å². The van der Waals surface area contributed by atoms with Crippen LogP contribution in [0, 0.1) is 6.92 Å². The van der Waals surface area contributed by atoms with Gasteiger partial charge in [-0.25, -0.2) is 0 Å². The molecule has 0 saturated heterocycles. The van der Waals surface area contributed by atoms with Gasteiger partial charge in [0.1, 0.15) is 0 Å².